The van der Waals surface area contributed by atoms with Gasteiger partial charge in [-0.1, -0.05) is 35.9 Å². The molecule has 1 aromatic carbocycles. The number of hydrogen-bond acceptors (Lipinski definition) is 3. The van der Waals surface area contributed by atoms with Crippen LogP contribution in [0.25, 0.3) is 16.9 Å². The molecule has 7 heteroatoms. The maximum Gasteiger partial charge on any atom is 0.295 e. The lowest BCUT2D eigenvalue weighted by Crippen LogP contribution is -2.28. The number of rotatable bonds is 4. The van der Waals surface area contributed by atoms with Crippen LogP contribution < -0.4 is 5.56 Å². The average Bonchev–Trinajstić information content (AvgIpc) is 3.34. The second-order valence-corrected chi connectivity index (χ2v) is 6.96. The zero-order chi connectivity index (χ0) is 19.0. The lowest BCUT2D eigenvalue weighted by atomic mass is 10.1. The summed E-state index contributed by atoms with van der Waals surface area (Å²) in [5, 5.41) is 0.544. The van der Waals surface area contributed by atoms with E-state index in [1.807, 2.05) is 18.2 Å². The van der Waals surface area contributed by atoms with Gasteiger partial charge in [0.25, 0.3) is 11.5 Å². The predicted molar refractivity (Wildman–Crippen MR) is 105 cm³/mol. The van der Waals surface area contributed by atoms with Gasteiger partial charge < -0.3 is 4.90 Å². The fraction of sp³-hybridized carbons (Fsp3) is 0.250. The highest BCUT2D eigenvalue weighted by Crippen LogP contribution is 2.27. The molecule has 0 unspecified atom stereocenters. The Morgan fingerprint density at radius 1 is 1.22 bits per heavy atom. The van der Waals surface area contributed by atoms with Crippen molar-refractivity contribution < 1.29 is 4.79 Å². The molecule has 4 rings (SSSR count). The summed E-state index contributed by atoms with van der Waals surface area (Å²) in [5.41, 5.74) is 1.61. The van der Waals surface area contributed by atoms with E-state index >= 15 is 0 Å². The highest BCUT2D eigenvalue weighted by Gasteiger charge is 2.23. The number of amides is 1. The van der Waals surface area contributed by atoms with Crippen LogP contribution in [0.2, 0.25) is 5.02 Å². The van der Waals surface area contributed by atoms with Crippen molar-refractivity contribution in [3.05, 3.63) is 70.4 Å². The van der Waals surface area contributed by atoms with Gasteiger partial charge in [0.2, 0.25) is 5.65 Å². The minimum Gasteiger partial charge on any atom is -0.337 e. The number of imidazole rings is 1. The third-order valence-electron chi connectivity index (χ3n) is 4.79. The van der Waals surface area contributed by atoms with E-state index in [1.54, 1.807) is 38.4 Å². The van der Waals surface area contributed by atoms with Crippen LogP contribution in [0.5, 0.6) is 0 Å². The Labute approximate surface area is 161 Å². The Kier molecular flexibility index (Phi) is 4.58. The SMILES string of the molecule is C=CCn1c(-c2ccccc2Cl)cn2cc(C(=O)N3CCCC3)nc2c1=O. The molecule has 2 aromatic heterocycles. The summed E-state index contributed by atoms with van der Waals surface area (Å²) in [7, 11) is 0. The van der Waals surface area contributed by atoms with Gasteiger partial charge in [0.05, 0.1) is 5.69 Å². The standard InChI is InChI=1S/C20H19ClN4O2/c1-2-9-25-17(14-7-3-4-8-15(14)21)13-24-12-16(22-18(24)20(25)27)19(26)23-10-5-6-11-23/h2-4,7-8,12-13H,1,5-6,9-11H2. The zero-order valence-corrected chi connectivity index (χ0v) is 15.5. The molecule has 1 amide bonds. The van der Waals surface area contributed by atoms with Crippen molar-refractivity contribution >= 4 is 23.2 Å². The van der Waals surface area contributed by atoms with Gasteiger partial charge in [0.15, 0.2) is 0 Å². The molecule has 3 heterocycles. The van der Waals surface area contributed by atoms with Crippen LogP contribution in [0.3, 0.4) is 0 Å². The quantitative estimate of drug-likeness (QED) is 0.651. The smallest absolute Gasteiger partial charge is 0.295 e. The van der Waals surface area contributed by atoms with Gasteiger partial charge in [-0.3, -0.25) is 18.6 Å². The Balaban J connectivity index is 1.90. The summed E-state index contributed by atoms with van der Waals surface area (Å²) in [6, 6.07) is 7.34. The second kappa shape index (κ2) is 7.04. The van der Waals surface area contributed by atoms with Crippen LogP contribution in [0.15, 0.2) is 54.1 Å². The Morgan fingerprint density at radius 3 is 2.67 bits per heavy atom. The molecular weight excluding hydrogens is 364 g/mol. The first-order valence-electron chi connectivity index (χ1n) is 8.88. The van der Waals surface area contributed by atoms with Crippen LogP contribution in [-0.2, 0) is 6.54 Å². The molecule has 0 bridgehead atoms. The van der Waals surface area contributed by atoms with E-state index in [0.29, 0.717) is 17.3 Å². The van der Waals surface area contributed by atoms with Crippen molar-refractivity contribution in [1.82, 2.24) is 18.9 Å². The van der Waals surface area contributed by atoms with Crippen molar-refractivity contribution in [2.75, 3.05) is 13.1 Å². The van der Waals surface area contributed by atoms with Crippen molar-refractivity contribution in [2.45, 2.75) is 19.4 Å². The molecule has 3 aromatic rings. The summed E-state index contributed by atoms with van der Waals surface area (Å²) < 4.78 is 3.19. The Hall–Kier alpha value is -2.86. The Morgan fingerprint density at radius 2 is 1.96 bits per heavy atom. The fourth-order valence-electron chi connectivity index (χ4n) is 3.46. The van der Waals surface area contributed by atoms with Gasteiger partial charge in [-0.15, -0.1) is 6.58 Å². The molecule has 0 saturated carbocycles. The van der Waals surface area contributed by atoms with Crippen molar-refractivity contribution in [3.8, 4) is 11.3 Å². The minimum atomic E-state index is -0.284. The summed E-state index contributed by atoms with van der Waals surface area (Å²) in [5.74, 6) is -0.134. The van der Waals surface area contributed by atoms with Gasteiger partial charge in [-0.25, -0.2) is 4.98 Å². The van der Waals surface area contributed by atoms with Crippen LogP contribution >= 0.6 is 11.6 Å². The molecule has 0 N–H and O–H groups in total. The number of benzene rings is 1. The number of aromatic nitrogens is 3. The topological polar surface area (TPSA) is 59.6 Å². The predicted octanol–water partition coefficient (Wildman–Crippen LogP) is 3.24. The lowest BCUT2D eigenvalue weighted by molar-refractivity contribution is 0.0787. The van der Waals surface area contributed by atoms with Crippen molar-refractivity contribution in [2.24, 2.45) is 0 Å². The van der Waals surface area contributed by atoms with Crippen molar-refractivity contribution in [1.29, 1.82) is 0 Å². The van der Waals surface area contributed by atoms with Gasteiger partial charge in [-0.2, -0.15) is 0 Å². The Bertz CT molecular complexity index is 1090. The van der Waals surface area contributed by atoms with Crippen LogP contribution in [-0.4, -0.2) is 37.8 Å². The number of allylic oxidation sites excluding steroid dienone is 1. The second-order valence-electron chi connectivity index (χ2n) is 6.55. The van der Waals surface area contributed by atoms with E-state index in [-0.39, 0.29) is 22.8 Å². The maximum absolute atomic E-state index is 13.0. The van der Waals surface area contributed by atoms with E-state index < -0.39 is 0 Å². The van der Waals surface area contributed by atoms with Gasteiger partial charge in [0, 0.05) is 42.6 Å². The number of likely N-dealkylation sites (tertiary alicyclic amines) is 1. The maximum atomic E-state index is 13.0. The lowest BCUT2D eigenvalue weighted by Gasteiger charge is -2.13. The fourth-order valence-corrected chi connectivity index (χ4v) is 3.69. The average molecular weight is 383 g/mol. The van der Waals surface area contributed by atoms with E-state index in [1.165, 1.54) is 0 Å². The summed E-state index contributed by atoms with van der Waals surface area (Å²) >= 11 is 6.35. The number of nitrogens with zero attached hydrogens (tertiary/aromatic N) is 4. The molecule has 0 atom stereocenters. The molecular formula is C20H19ClN4O2. The molecule has 0 radical (unpaired) electrons. The first-order valence-corrected chi connectivity index (χ1v) is 9.25. The van der Waals surface area contributed by atoms with E-state index in [0.717, 1.165) is 31.5 Å². The third kappa shape index (κ3) is 3.06. The summed E-state index contributed by atoms with van der Waals surface area (Å²) in [6.45, 7) is 5.53. The van der Waals surface area contributed by atoms with Gasteiger partial charge in [-0.05, 0) is 18.9 Å². The molecule has 0 spiro atoms. The molecule has 6 nitrogen and oxygen atoms in total. The van der Waals surface area contributed by atoms with Crippen molar-refractivity contribution in [3.63, 3.8) is 0 Å². The van der Waals surface area contributed by atoms with Crippen LogP contribution in [0.4, 0.5) is 0 Å². The molecule has 1 saturated heterocycles. The van der Waals surface area contributed by atoms with Crippen LogP contribution in [0.1, 0.15) is 23.3 Å². The largest absolute Gasteiger partial charge is 0.337 e. The first-order chi connectivity index (χ1) is 13.1. The molecule has 1 aliphatic rings. The number of halogens is 1. The van der Waals surface area contributed by atoms with Crippen LogP contribution in [0, 0.1) is 0 Å². The molecule has 138 valence electrons. The number of fused-ring (bicyclic) bond motifs is 1. The van der Waals surface area contributed by atoms with Gasteiger partial charge >= 0.3 is 0 Å². The molecule has 0 aliphatic carbocycles. The first kappa shape index (κ1) is 17.5. The minimum absolute atomic E-state index is 0.134. The summed E-state index contributed by atoms with van der Waals surface area (Å²) in [6.07, 6.45) is 7.06. The summed E-state index contributed by atoms with van der Waals surface area (Å²) in [4.78, 5) is 31.8. The molecule has 27 heavy (non-hydrogen) atoms. The zero-order valence-electron chi connectivity index (χ0n) is 14.8. The molecule has 1 fully saturated rings. The monoisotopic (exact) mass is 382 g/mol. The number of carbonyl (C=O) groups excluding carboxylic acids is 1. The normalized spacial score (nSPS) is 14.0. The number of carbonyl (C=O) groups is 1. The highest BCUT2D eigenvalue weighted by atomic mass is 35.5. The molecule has 1 aliphatic heterocycles. The van der Waals surface area contributed by atoms with E-state index in [2.05, 4.69) is 11.6 Å². The van der Waals surface area contributed by atoms with E-state index in [9.17, 15) is 9.59 Å². The van der Waals surface area contributed by atoms with E-state index in [4.69, 9.17) is 11.6 Å². The highest BCUT2D eigenvalue weighted by molar-refractivity contribution is 6.33. The third-order valence-corrected chi connectivity index (χ3v) is 5.12. The van der Waals surface area contributed by atoms with Gasteiger partial charge in [0.1, 0.15) is 5.69 Å². The number of hydrogen-bond donors (Lipinski definition) is 0.